The zero-order chi connectivity index (χ0) is 32.8. The Morgan fingerprint density at radius 2 is 1.34 bits per heavy atom. The summed E-state index contributed by atoms with van der Waals surface area (Å²) in [6, 6.07) is 2.52. The molecule has 0 saturated carbocycles. The summed E-state index contributed by atoms with van der Waals surface area (Å²) in [7, 11) is 5.49. The SMILES string of the molecule is CON(C(=O)c1cn(C)nc1C(F)F)C(C)Cc1c(Cl)cc(Cl)cc1Cl.Cn1c(=O)c2sc3c(=O)n(C)c(=O)c3sc2c1=O. The maximum absolute atomic E-state index is 13.1. The van der Waals surface area contributed by atoms with E-state index < -0.39 is 46.3 Å². The minimum atomic E-state index is -2.88. The van der Waals surface area contributed by atoms with Gasteiger partial charge in [-0.1, -0.05) is 34.8 Å². The normalized spacial score (nSPS) is 12.2. The molecule has 0 bridgehead atoms. The maximum atomic E-state index is 13.1. The fourth-order valence-electron chi connectivity index (χ4n) is 4.31. The van der Waals surface area contributed by atoms with Crippen molar-refractivity contribution in [2.45, 2.75) is 25.8 Å². The molecule has 0 fully saturated rings. The third-order valence-corrected chi connectivity index (χ3v) is 10.00. The molecule has 1 atom stereocenters. The molecule has 0 aliphatic heterocycles. The number of aryl methyl sites for hydroxylation is 1. The number of fused-ring (bicyclic) bond motifs is 2. The molecule has 0 N–H and O–H groups in total. The predicted molar refractivity (Wildman–Crippen MR) is 167 cm³/mol. The van der Waals surface area contributed by atoms with Crippen LogP contribution in [0.15, 0.2) is 37.5 Å². The molecule has 1 amide bonds. The molecule has 44 heavy (non-hydrogen) atoms. The Morgan fingerprint density at radius 3 is 1.73 bits per heavy atom. The van der Waals surface area contributed by atoms with Crippen molar-refractivity contribution >= 4 is 82.2 Å². The van der Waals surface area contributed by atoms with Crippen molar-refractivity contribution in [1.82, 2.24) is 24.0 Å². The topological polar surface area (TPSA) is 126 Å². The third-order valence-electron chi connectivity index (χ3n) is 6.51. The van der Waals surface area contributed by atoms with Crippen molar-refractivity contribution in [1.29, 1.82) is 0 Å². The number of rotatable bonds is 6. The summed E-state index contributed by atoms with van der Waals surface area (Å²) >= 11 is 20.1. The average Bonchev–Trinajstić information content (AvgIpc) is 3.53. The van der Waals surface area contributed by atoms with Crippen LogP contribution in [0, 0.1) is 0 Å². The lowest BCUT2D eigenvalue weighted by Gasteiger charge is -2.27. The number of carbonyl (C=O) groups excluding carboxylic acids is 1. The van der Waals surface area contributed by atoms with Crippen molar-refractivity contribution in [3.05, 3.63) is 91.6 Å². The minimum Gasteiger partial charge on any atom is -0.276 e. The molecule has 0 radical (unpaired) electrons. The second kappa shape index (κ2) is 13.0. The van der Waals surface area contributed by atoms with Gasteiger partial charge < -0.3 is 0 Å². The molecule has 0 spiro atoms. The summed E-state index contributed by atoms with van der Waals surface area (Å²) in [6.07, 6.45) is -1.42. The van der Waals surface area contributed by atoms with Gasteiger partial charge in [-0.3, -0.25) is 42.6 Å². The maximum Gasteiger partial charge on any atom is 0.282 e. The molecule has 4 heterocycles. The lowest BCUT2D eigenvalue weighted by atomic mass is 10.1. The number of hydroxylamine groups is 2. The van der Waals surface area contributed by atoms with E-state index >= 15 is 0 Å². The van der Waals surface area contributed by atoms with Crippen LogP contribution < -0.4 is 22.2 Å². The summed E-state index contributed by atoms with van der Waals surface area (Å²) in [4.78, 5) is 65.0. The second-order valence-corrected chi connectivity index (χ2v) is 12.8. The van der Waals surface area contributed by atoms with E-state index in [4.69, 9.17) is 39.6 Å². The van der Waals surface area contributed by atoms with Crippen LogP contribution in [0.4, 0.5) is 8.78 Å². The van der Waals surface area contributed by atoms with Crippen LogP contribution in [0.1, 0.15) is 35.0 Å². The predicted octanol–water partition coefficient (Wildman–Crippen LogP) is 4.62. The van der Waals surface area contributed by atoms with E-state index in [0.717, 1.165) is 41.6 Å². The van der Waals surface area contributed by atoms with Crippen LogP contribution in [-0.2, 0) is 32.4 Å². The van der Waals surface area contributed by atoms with Crippen LogP contribution in [0.3, 0.4) is 0 Å². The first-order valence-electron chi connectivity index (χ1n) is 12.4. The molecular formula is C26H22Cl3F2N5O6S2. The van der Waals surface area contributed by atoms with Crippen molar-refractivity contribution in [2.75, 3.05) is 7.11 Å². The highest BCUT2D eigenvalue weighted by molar-refractivity contribution is 7.36. The number of aromatic nitrogens is 4. The summed E-state index contributed by atoms with van der Waals surface area (Å²) in [5.74, 6) is -0.732. The molecule has 4 aromatic heterocycles. The Balaban J connectivity index is 0.000000213. The fraction of sp³-hybridized carbons (Fsp3) is 0.308. The van der Waals surface area contributed by atoms with E-state index in [1.165, 1.54) is 46.6 Å². The smallest absolute Gasteiger partial charge is 0.276 e. The van der Waals surface area contributed by atoms with Crippen molar-refractivity contribution in [3.8, 4) is 0 Å². The molecule has 1 aromatic carbocycles. The van der Waals surface area contributed by atoms with Gasteiger partial charge in [0.2, 0.25) is 0 Å². The highest BCUT2D eigenvalue weighted by Gasteiger charge is 2.30. The molecule has 0 aliphatic carbocycles. The van der Waals surface area contributed by atoms with Crippen LogP contribution in [0.5, 0.6) is 0 Å². The Bertz CT molecular complexity index is 1960. The van der Waals surface area contributed by atoms with Gasteiger partial charge in [-0.15, -0.1) is 22.7 Å². The fourth-order valence-corrected chi connectivity index (χ4v) is 7.80. The van der Waals surface area contributed by atoms with Crippen LogP contribution in [0.25, 0.3) is 18.8 Å². The second-order valence-electron chi connectivity index (χ2n) is 9.48. The van der Waals surface area contributed by atoms with E-state index in [-0.39, 0.29) is 30.8 Å². The van der Waals surface area contributed by atoms with Gasteiger partial charge in [0.1, 0.15) is 24.5 Å². The first kappa shape index (κ1) is 33.7. The number of hydrogen-bond acceptors (Lipinski definition) is 9. The molecule has 0 saturated heterocycles. The minimum absolute atomic E-state index is 0.232. The number of nitrogens with zero attached hydrogens (tertiary/aromatic N) is 5. The number of benzene rings is 1. The molecule has 0 aliphatic rings. The number of halogens is 5. The van der Waals surface area contributed by atoms with Gasteiger partial charge in [0.15, 0.2) is 0 Å². The highest BCUT2D eigenvalue weighted by Crippen LogP contribution is 2.31. The molecule has 1 unspecified atom stereocenters. The molecule has 234 valence electrons. The van der Waals surface area contributed by atoms with Crippen molar-refractivity contribution in [2.24, 2.45) is 21.1 Å². The standard InChI is InChI=1S/C16H16Cl3F2N3O2.C10H6N2O4S2/c1-8(4-10-12(18)5-9(17)6-13(10)19)24(26-3)16(25)11-7-23(2)22-14(11)15(20)21;1-11-7(13)3-4(8(11)14)18-6-5(17-3)9(15)12(2)10(6)16/h5-8,15H,4H2,1-3H3;1-2H3. The zero-order valence-corrected chi connectivity index (χ0v) is 27.4. The quantitative estimate of drug-likeness (QED) is 0.236. The lowest BCUT2D eigenvalue weighted by molar-refractivity contribution is -0.119. The third kappa shape index (κ3) is 6.17. The lowest BCUT2D eigenvalue weighted by Crippen LogP contribution is -2.39. The van der Waals surface area contributed by atoms with Gasteiger partial charge in [0.05, 0.1) is 18.7 Å². The highest BCUT2D eigenvalue weighted by atomic mass is 35.5. The van der Waals surface area contributed by atoms with E-state index in [2.05, 4.69) is 5.10 Å². The summed E-state index contributed by atoms with van der Waals surface area (Å²) in [5, 5.41) is 5.69. The number of hydrogen-bond donors (Lipinski definition) is 0. The summed E-state index contributed by atoms with van der Waals surface area (Å²) in [5.41, 5.74) is -1.95. The zero-order valence-electron chi connectivity index (χ0n) is 23.5. The Hall–Kier alpha value is -3.21. The van der Waals surface area contributed by atoms with Crippen molar-refractivity contribution in [3.63, 3.8) is 0 Å². The van der Waals surface area contributed by atoms with Gasteiger partial charge in [-0.25, -0.2) is 13.8 Å². The monoisotopic (exact) mass is 707 g/mol. The molecule has 18 heteroatoms. The van der Waals surface area contributed by atoms with E-state index in [9.17, 15) is 32.8 Å². The van der Waals surface area contributed by atoms with Crippen LogP contribution in [0.2, 0.25) is 15.1 Å². The van der Waals surface area contributed by atoms with Gasteiger partial charge in [0, 0.05) is 42.4 Å². The van der Waals surface area contributed by atoms with E-state index in [1.54, 1.807) is 6.92 Å². The number of alkyl halides is 2. The van der Waals surface area contributed by atoms with Crippen molar-refractivity contribution < 1.29 is 18.4 Å². The van der Waals surface area contributed by atoms with Gasteiger partial charge >= 0.3 is 0 Å². The van der Waals surface area contributed by atoms with Gasteiger partial charge in [-0.2, -0.15) is 5.10 Å². The molecule has 5 rings (SSSR count). The molecule has 5 aromatic rings. The Kier molecular flexibility index (Phi) is 9.97. The largest absolute Gasteiger partial charge is 0.282 e. The van der Waals surface area contributed by atoms with Crippen LogP contribution in [-0.4, -0.2) is 43.0 Å². The Labute approximate surface area is 269 Å². The first-order valence-corrected chi connectivity index (χ1v) is 15.2. The first-order chi connectivity index (χ1) is 20.6. The van der Waals surface area contributed by atoms with Crippen LogP contribution >= 0.6 is 57.5 Å². The molecular weight excluding hydrogens is 687 g/mol. The Morgan fingerprint density at radius 1 is 0.909 bits per heavy atom. The number of amides is 1. The van der Waals surface area contributed by atoms with E-state index in [1.807, 2.05) is 0 Å². The average molecular weight is 709 g/mol. The van der Waals surface area contributed by atoms with Gasteiger partial charge in [0.25, 0.3) is 34.6 Å². The summed E-state index contributed by atoms with van der Waals surface area (Å²) < 4.78 is 30.3. The van der Waals surface area contributed by atoms with E-state index in [0.29, 0.717) is 20.6 Å². The van der Waals surface area contributed by atoms with Gasteiger partial charge in [-0.05, 0) is 31.0 Å². The number of carbonyl (C=O) groups is 1. The molecule has 11 nitrogen and oxygen atoms in total. The summed E-state index contributed by atoms with van der Waals surface area (Å²) in [6.45, 7) is 1.68.